The molecular weight excluding hydrogens is 332 g/mol. The van der Waals surface area contributed by atoms with Crippen LogP contribution < -0.4 is 0 Å². The molecule has 1 aromatic heterocycles. The summed E-state index contributed by atoms with van der Waals surface area (Å²) in [5.74, 6) is 3.93. The summed E-state index contributed by atoms with van der Waals surface area (Å²) < 4.78 is 5.88. The van der Waals surface area contributed by atoms with Crippen LogP contribution in [0.1, 0.15) is 72.0 Å². The highest BCUT2D eigenvalue weighted by atomic mass is 16.3. The number of rotatable bonds is 1. The second-order valence-corrected chi connectivity index (χ2v) is 10.4. The average Bonchev–Trinajstić information content (AvgIpc) is 3.21. The standard InChI is InChI=1S/C25H34O2/c1-15-12-17-14-18(26)7-9-24(17,3)19-8-10-25(4)20(22(15)19)13-16(2)23(25)21-6-5-11-27-21/h5-6,11-12,15,18-20,22,26H,7-10,13-14H2,1-4H3/t15?,18?,19-,20+,22-,24+,25+/m1/s1. The maximum Gasteiger partial charge on any atom is 0.130 e. The lowest BCUT2D eigenvalue weighted by atomic mass is 9.45. The van der Waals surface area contributed by atoms with Crippen molar-refractivity contribution in [1.29, 1.82) is 0 Å². The van der Waals surface area contributed by atoms with Gasteiger partial charge >= 0.3 is 0 Å². The number of hydrogen-bond donors (Lipinski definition) is 1. The van der Waals surface area contributed by atoms with Gasteiger partial charge in [-0.05, 0) is 97.7 Å². The van der Waals surface area contributed by atoms with E-state index in [1.54, 1.807) is 11.1 Å². The minimum atomic E-state index is -0.122. The van der Waals surface area contributed by atoms with Crippen molar-refractivity contribution in [2.24, 2.45) is 34.5 Å². The summed E-state index contributed by atoms with van der Waals surface area (Å²) in [5, 5.41) is 10.3. The third kappa shape index (κ3) is 2.35. The van der Waals surface area contributed by atoms with Crippen molar-refractivity contribution in [1.82, 2.24) is 0 Å². The predicted molar refractivity (Wildman–Crippen MR) is 109 cm³/mol. The Bertz CT molecular complexity index is 800. The van der Waals surface area contributed by atoms with E-state index < -0.39 is 0 Å². The van der Waals surface area contributed by atoms with E-state index in [0.717, 1.165) is 36.9 Å². The Kier molecular flexibility index (Phi) is 3.86. The summed E-state index contributed by atoms with van der Waals surface area (Å²) in [7, 11) is 0. The van der Waals surface area contributed by atoms with Gasteiger partial charge in [0.1, 0.15) is 5.76 Å². The van der Waals surface area contributed by atoms with E-state index in [1.807, 2.05) is 12.3 Å². The van der Waals surface area contributed by atoms with Gasteiger partial charge in [0.2, 0.25) is 0 Å². The van der Waals surface area contributed by atoms with Gasteiger partial charge in [-0.25, -0.2) is 0 Å². The molecule has 1 N–H and O–H groups in total. The van der Waals surface area contributed by atoms with E-state index in [-0.39, 0.29) is 11.5 Å². The molecule has 2 saturated carbocycles. The van der Waals surface area contributed by atoms with Crippen molar-refractivity contribution in [3.05, 3.63) is 41.4 Å². The third-order valence-electron chi connectivity index (χ3n) is 9.09. The molecule has 1 heterocycles. The van der Waals surface area contributed by atoms with Crippen molar-refractivity contribution in [3.8, 4) is 0 Å². The van der Waals surface area contributed by atoms with Crippen molar-refractivity contribution < 1.29 is 9.52 Å². The topological polar surface area (TPSA) is 33.4 Å². The first-order valence-electron chi connectivity index (χ1n) is 11.0. The van der Waals surface area contributed by atoms with E-state index in [0.29, 0.717) is 17.3 Å². The molecule has 0 aromatic carbocycles. The molecule has 0 aliphatic heterocycles. The monoisotopic (exact) mass is 366 g/mol. The van der Waals surface area contributed by atoms with Gasteiger partial charge in [-0.15, -0.1) is 0 Å². The minimum absolute atomic E-state index is 0.122. The van der Waals surface area contributed by atoms with Crippen LogP contribution in [0.5, 0.6) is 0 Å². The molecule has 2 nitrogen and oxygen atoms in total. The van der Waals surface area contributed by atoms with Gasteiger partial charge in [0.25, 0.3) is 0 Å². The Morgan fingerprint density at radius 2 is 1.85 bits per heavy atom. The van der Waals surface area contributed by atoms with Crippen LogP contribution in [0.2, 0.25) is 0 Å². The van der Waals surface area contributed by atoms with Gasteiger partial charge < -0.3 is 9.52 Å². The lowest BCUT2D eigenvalue weighted by molar-refractivity contribution is -0.0431. The Balaban J connectivity index is 1.55. The Morgan fingerprint density at radius 1 is 1.07 bits per heavy atom. The van der Waals surface area contributed by atoms with Crippen LogP contribution in [0, 0.1) is 34.5 Å². The van der Waals surface area contributed by atoms with Crippen LogP contribution in [0.3, 0.4) is 0 Å². The molecule has 7 atom stereocenters. The highest BCUT2D eigenvalue weighted by molar-refractivity contribution is 5.72. The highest BCUT2D eigenvalue weighted by Crippen LogP contribution is 2.68. The zero-order valence-electron chi connectivity index (χ0n) is 17.3. The number of aliphatic hydroxyl groups is 1. The maximum atomic E-state index is 10.3. The van der Waals surface area contributed by atoms with Crippen LogP contribution in [-0.4, -0.2) is 11.2 Å². The molecule has 4 aliphatic carbocycles. The lowest BCUT2D eigenvalue weighted by Crippen LogP contribution is -2.52. The van der Waals surface area contributed by atoms with Crippen molar-refractivity contribution in [2.75, 3.05) is 0 Å². The fourth-order valence-electron chi connectivity index (χ4n) is 7.84. The van der Waals surface area contributed by atoms with E-state index >= 15 is 0 Å². The fraction of sp³-hybridized carbons (Fsp3) is 0.680. The van der Waals surface area contributed by atoms with Gasteiger partial charge in [-0.1, -0.05) is 38.0 Å². The smallest absolute Gasteiger partial charge is 0.130 e. The summed E-state index contributed by atoms with van der Waals surface area (Å²) in [4.78, 5) is 0. The second-order valence-electron chi connectivity index (χ2n) is 10.4. The molecule has 0 bridgehead atoms. The Hall–Kier alpha value is -1.28. The zero-order chi connectivity index (χ0) is 19.0. The number of aliphatic hydroxyl groups excluding tert-OH is 1. The normalized spacial score (nSPS) is 46.6. The molecule has 0 saturated heterocycles. The Labute approximate surface area is 163 Å². The number of furan rings is 1. The molecule has 5 rings (SSSR count). The molecule has 4 aliphatic rings. The highest BCUT2D eigenvalue weighted by Gasteiger charge is 2.59. The van der Waals surface area contributed by atoms with Crippen LogP contribution in [-0.2, 0) is 0 Å². The summed E-state index contributed by atoms with van der Waals surface area (Å²) >= 11 is 0. The molecule has 0 spiro atoms. The second kappa shape index (κ2) is 5.86. The molecule has 146 valence electrons. The molecule has 2 unspecified atom stereocenters. The van der Waals surface area contributed by atoms with Gasteiger partial charge in [-0.3, -0.25) is 0 Å². The molecule has 1 aromatic rings. The first kappa shape index (κ1) is 17.8. The van der Waals surface area contributed by atoms with Crippen molar-refractivity contribution in [2.45, 2.75) is 72.3 Å². The molecular formula is C25H34O2. The minimum Gasteiger partial charge on any atom is -0.465 e. The zero-order valence-corrected chi connectivity index (χ0v) is 17.3. The molecule has 2 heteroatoms. The molecule has 27 heavy (non-hydrogen) atoms. The van der Waals surface area contributed by atoms with E-state index in [4.69, 9.17) is 4.42 Å². The van der Waals surface area contributed by atoms with Gasteiger partial charge in [0.05, 0.1) is 12.4 Å². The van der Waals surface area contributed by atoms with Crippen molar-refractivity contribution in [3.63, 3.8) is 0 Å². The predicted octanol–water partition coefficient (Wildman–Crippen LogP) is 6.23. The lowest BCUT2D eigenvalue weighted by Gasteiger charge is -2.59. The van der Waals surface area contributed by atoms with Gasteiger partial charge in [0, 0.05) is 0 Å². The van der Waals surface area contributed by atoms with E-state index in [2.05, 4.69) is 39.8 Å². The summed E-state index contributed by atoms with van der Waals surface area (Å²) in [6.07, 6.45) is 11.1. The summed E-state index contributed by atoms with van der Waals surface area (Å²) in [6, 6.07) is 4.19. The number of allylic oxidation sites excluding steroid dienone is 3. The van der Waals surface area contributed by atoms with E-state index in [9.17, 15) is 5.11 Å². The first-order chi connectivity index (χ1) is 12.8. The van der Waals surface area contributed by atoms with Gasteiger partial charge in [0.15, 0.2) is 0 Å². The molecule has 0 amide bonds. The van der Waals surface area contributed by atoms with E-state index in [1.165, 1.54) is 24.8 Å². The summed E-state index contributed by atoms with van der Waals surface area (Å²) in [6.45, 7) is 9.81. The fourth-order valence-corrected chi connectivity index (χ4v) is 7.84. The van der Waals surface area contributed by atoms with Crippen LogP contribution >= 0.6 is 0 Å². The SMILES string of the molecule is CC1=C(c2ccco2)[C@@]2(C)CC[C@@H]3[C@@H](C(C)C=C4CC(O)CC[C@@]43C)[C@@H]2C1. The number of fused-ring (bicyclic) bond motifs is 5. The van der Waals surface area contributed by atoms with Gasteiger partial charge in [-0.2, -0.15) is 0 Å². The quantitative estimate of drug-likeness (QED) is 0.597. The van der Waals surface area contributed by atoms with Crippen LogP contribution in [0.4, 0.5) is 0 Å². The Morgan fingerprint density at radius 3 is 2.59 bits per heavy atom. The van der Waals surface area contributed by atoms with Crippen LogP contribution in [0.15, 0.2) is 40.0 Å². The maximum absolute atomic E-state index is 10.3. The van der Waals surface area contributed by atoms with Crippen molar-refractivity contribution >= 4 is 5.57 Å². The first-order valence-corrected chi connectivity index (χ1v) is 11.0. The largest absolute Gasteiger partial charge is 0.465 e. The third-order valence-corrected chi connectivity index (χ3v) is 9.09. The molecule has 2 fully saturated rings. The number of hydrogen-bond acceptors (Lipinski definition) is 2. The average molecular weight is 367 g/mol. The summed E-state index contributed by atoms with van der Waals surface area (Å²) in [5.41, 5.74) is 5.16. The molecule has 0 radical (unpaired) electrons. The van der Waals surface area contributed by atoms with Crippen LogP contribution in [0.25, 0.3) is 5.57 Å².